The lowest BCUT2D eigenvalue weighted by molar-refractivity contribution is 0.0696. The van der Waals surface area contributed by atoms with Crippen molar-refractivity contribution in [2.75, 3.05) is 0 Å². The third-order valence-corrected chi connectivity index (χ3v) is 3.05. The maximum atomic E-state index is 11.4. The van der Waals surface area contributed by atoms with Crippen LogP contribution in [0.3, 0.4) is 0 Å². The number of aromatic nitrogens is 6. The lowest BCUT2D eigenvalue weighted by Crippen LogP contribution is -2.10. The molecular weight excluding hydrogens is 260 g/mol. The van der Waals surface area contributed by atoms with Gasteiger partial charge in [0.2, 0.25) is 0 Å². The monoisotopic (exact) mass is 272 g/mol. The molecule has 0 unspecified atom stereocenters. The highest BCUT2D eigenvalue weighted by Gasteiger charge is 2.20. The van der Waals surface area contributed by atoms with Gasteiger partial charge in [-0.2, -0.15) is 10.2 Å². The molecule has 0 aromatic carbocycles. The van der Waals surface area contributed by atoms with Gasteiger partial charge in [0.05, 0.1) is 17.3 Å². The van der Waals surface area contributed by atoms with Gasteiger partial charge in [0.15, 0.2) is 5.65 Å². The molecule has 0 saturated heterocycles. The summed E-state index contributed by atoms with van der Waals surface area (Å²) in [4.78, 5) is 19.8. The molecule has 0 aliphatic rings. The molecule has 3 aromatic heterocycles. The topological polar surface area (TPSA) is 98.7 Å². The summed E-state index contributed by atoms with van der Waals surface area (Å²) in [7, 11) is 1.75. The molecule has 0 fully saturated rings. The number of carbonyl (C=O) groups is 1. The lowest BCUT2D eigenvalue weighted by atomic mass is 10.2. The third kappa shape index (κ3) is 1.65. The van der Waals surface area contributed by atoms with E-state index in [1.165, 1.54) is 10.9 Å². The Labute approximate surface area is 113 Å². The Kier molecular flexibility index (Phi) is 2.53. The molecule has 3 rings (SSSR count). The first kappa shape index (κ1) is 12.3. The van der Waals surface area contributed by atoms with Crippen LogP contribution in [0, 0.1) is 13.8 Å². The van der Waals surface area contributed by atoms with Gasteiger partial charge in [0.25, 0.3) is 0 Å². The largest absolute Gasteiger partial charge is 0.478 e. The molecule has 3 heterocycles. The minimum Gasteiger partial charge on any atom is -0.478 e. The first-order valence-corrected chi connectivity index (χ1v) is 5.93. The molecule has 8 nitrogen and oxygen atoms in total. The second-order valence-electron chi connectivity index (χ2n) is 4.45. The van der Waals surface area contributed by atoms with E-state index in [1.54, 1.807) is 31.8 Å². The van der Waals surface area contributed by atoms with Crippen molar-refractivity contribution in [2.24, 2.45) is 7.05 Å². The second kappa shape index (κ2) is 4.12. The fourth-order valence-electron chi connectivity index (χ4n) is 2.20. The molecule has 8 heteroatoms. The number of hydrogen-bond donors (Lipinski definition) is 1. The minimum atomic E-state index is -1.06. The van der Waals surface area contributed by atoms with Crippen LogP contribution in [0.25, 0.3) is 16.7 Å². The number of carboxylic acids is 1. The molecule has 20 heavy (non-hydrogen) atoms. The van der Waals surface area contributed by atoms with Crippen molar-refractivity contribution in [1.29, 1.82) is 0 Å². The Bertz CT molecular complexity index is 832. The number of fused-ring (bicyclic) bond motifs is 1. The molecule has 0 saturated carbocycles. The fourth-order valence-corrected chi connectivity index (χ4v) is 2.20. The van der Waals surface area contributed by atoms with E-state index in [0.29, 0.717) is 28.4 Å². The van der Waals surface area contributed by atoms with Crippen molar-refractivity contribution in [3.05, 3.63) is 29.6 Å². The van der Waals surface area contributed by atoms with Crippen LogP contribution in [-0.2, 0) is 7.05 Å². The van der Waals surface area contributed by atoms with E-state index in [-0.39, 0.29) is 5.56 Å². The SMILES string of the molecule is Cc1nc(C)n(-c2c(C(=O)O)cnc3c2cnn3C)n1. The number of hydrogen-bond acceptors (Lipinski definition) is 5. The van der Waals surface area contributed by atoms with Gasteiger partial charge >= 0.3 is 5.97 Å². The summed E-state index contributed by atoms with van der Waals surface area (Å²) in [5.41, 5.74) is 1.10. The third-order valence-electron chi connectivity index (χ3n) is 3.05. The van der Waals surface area contributed by atoms with Crippen molar-refractivity contribution < 1.29 is 9.90 Å². The Morgan fingerprint density at radius 1 is 1.30 bits per heavy atom. The van der Waals surface area contributed by atoms with Crippen molar-refractivity contribution >= 4 is 17.0 Å². The standard InChI is InChI=1S/C12H12N6O2/c1-6-15-7(2)18(16-6)10-8-5-14-17(3)11(8)13-4-9(10)12(19)20/h4-5H,1-3H3,(H,19,20). The highest BCUT2D eigenvalue weighted by atomic mass is 16.4. The van der Waals surface area contributed by atoms with Crippen molar-refractivity contribution in [1.82, 2.24) is 29.5 Å². The summed E-state index contributed by atoms with van der Waals surface area (Å²) in [5.74, 6) is 0.125. The average molecular weight is 272 g/mol. The van der Waals surface area contributed by atoms with Gasteiger partial charge in [-0.3, -0.25) is 4.68 Å². The van der Waals surface area contributed by atoms with E-state index in [1.807, 2.05) is 0 Å². The van der Waals surface area contributed by atoms with Crippen LogP contribution in [-0.4, -0.2) is 40.6 Å². The average Bonchev–Trinajstić information content (AvgIpc) is 2.92. The molecule has 102 valence electrons. The molecule has 1 N–H and O–H groups in total. The van der Waals surface area contributed by atoms with Gasteiger partial charge in [-0.1, -0.05) is 0 Å². The molecule has 3 aromatic rings. The molecule has 0 radical (unpaired) electrons. The van der Waals surface area contributed by atoms with Crippen LogP contribution in [0.5, 0.6) is 0 Å². The van der Waals surface area contributed by atoms with E-state index >= 15 is 0 Å². The first-order valence-electron chi connectivity index (χ1n) is 5.93. The van der Waals surface area contributed by atoms with Crippen molar-refractivity contribution in [2.45, 2.75) is 13.8 Å². The summed E-state index contributed by atoms with van der Waals surface area (Å²) >= 11 is 0. The van der Waals surface area contributed by atoms with Crippen LogP contribution < -0.4 is 0 Å². The summed E-state index contributed by atoms with van der Waals surface area (Å²) in [6.07, 6.45) is 2.90. The van der Waals surface area contributed by atoms with E-state index < -0.39 is 5.97 Å². The van der Waals surface area contributed by atoms with Gasteiger partial charge in [0, 0.05) is 13.2 Å². The Balaban J connectivity index is 2.44. The zero-order chi connectivity index (χ0) is 14.4. The molecule has 0 aliphatic carbocycles. The van der Waals surface area contributed by atoms with Gasteiger partial charge in [-0.25, -0.2) is 19.4 Å². The van der Waals surface area contributed by atoms with E-state index in [2.05, 4.69) is 20.2 Å². The molecular formula is C12H12N6O2. The Morgan fingerprint density at radius 2 is 2.05 bits per heavy atom. The number of aromatic carboxylic acids is 1. The van der Waals surface area contributed by atoms with Crippen LogP contribution in [0.2, 0.25) is 0 Å². The quantitative estimate of drug-likeness (QED) is 0.743. The van der Waals surface area contributed by atoms with Crippen LogP contribution in [0.15, 0.2) is 12.4 Å². The first-order chi connectivity index (χ1) is 9.49. The highest BCUT2D eigenvalue weighted by molar-refractivity contribution is 5.99. The summed E-state index contributed by atoms with van der Waals surface area (Å²) in [5, 5.41) is 18.4. The van der Waals surface area contributed by atoms with Gasteiger partial charge < -0.3 is 5.11 Å². The number of aryl methyl sites for hydroxylation is 3. The highest BCUT2D eigenvalue weighted by Crippen LogP contribution is 2.24. The molecule has 0 amide bonds. The van der Waals surface area contributed by atoms with Gasteiger partial charge in [-0.05, 0) is 13.8 Å². The van der Waals surface area contributed by atoms with Crippen LogP contribution in [0.4, 0.5) is 0 Å². The lowest BCUT2D eigenvalue weighted by Gasteiger charge is -2.08. The predicted molar refractivity (Wildman–Crippen MR) is 69.9 cm³/mol. The maximum absolute atomic E-state index is 11.4. The number of nitrogens with zero attached hydrogens (tertiary/aromatic N) is 6. The van der Waals surface area contributed by atoms with Gasteiger partial charge in [-0.15, -0.1) is 0 Å². The van der Waals surface area contributed by atoms with E-state index in [0.717, 1.165) is 0 Å². The van der Waals surface area contributed by atoms with E-state index in [9.17, 15) is 9.90 Å². The maximum Gasteiger partial charge on any atom is 0.339 e. The fraction of sp³-hybridized carbons (Fsp3) is 0.250. The van der Waals surface area contributed by atoms with Crippen LogP contribution in [0.1, 0.15) is 22.0 Å². The number of carboxylic acid groups (broad SMARTS) is 1. The minimum absolute atomic E-state index is 0.0681. The van der Waals surface area contributed by atoms with Gasteiger partial charge in [0.1, 0.15) is 17.2 Å². The van der Waals surface area contributed by atoms with E-state index in [4.69, 9.17) is 0 Å². The van der Waals surface area contributed by atoms with Crippen LogP contribution >= 0.6 is 0 Å². The van der Waals surface area contributed by atoms with Crippen molar-refractivity contribution in [3.63, 3.8) is 0 Å². The zero-order valence-corrected chi connectivity index (χ0v) is 11.2. The van der Waals surface area contributed by atoms with Crippen molar-refractivity contribution in [3.8, 4) is 5.69 Å². The molecule has 0 atom stereocenters. The summed E-state index contributed by atoms with van der Waals surface area (Å²) < 4.78 is 3.11. The smallest absolute Gasteiger partial charge is 0.339 e. The molecule has 0 spiro atoms. The summed E-state index contributed by atoms with van der Waals surface area (Å²) in [6, 6.07) is 0. The number of pyridine rings is 1. The Hall–Kier alpha value is -2.77. The predicted octanol–water partition coefficient (Wildman–Crippen LogP) is 0.864. The zero-order valence-electron chi connectivity index (χ0n) is 11.2. The Morgan fingerprint density at radius 3 is 2.65 bits per heavy atom. The normalized spacial score (nSPS) is 11.2. The molecule has 0 aliphatic heterocycles. The second-order valence-corrected chi connectivity index (χ2v) is 4.45. The number of rotatable bonds is 2. The molecule has 0 bridgehead atoms. The summed E-state index contributed by atoms with van der Waals surface area (Å²) in [6.45, 7) is 3.53.